The van der Waals surface area contributed by atoms with Gasteiger partial charge in [0.1, 0.15) is 5.75 Å². The van der Waals surface area contributed by atoms with E-state index in [1.54, 1.807) is 24.5 Å². The quantitative estimate of drug-likeness (QED) is 0.711. The van der Waals surface area contributed by atoms with Gasteiger partial charge >= 0.3 is 0 Å². The van der Waals surface area contributed by atoms with Crippen molar-refractivity contribution in [2.45, 2.75) is 19.9 Å². The minimum Gasteiger partial charge on any atom is -0.494 e. The van der Waals surface area contributed by atoms with Gasteiger partial charge in [-0.2, -0.15) is 0 Å². The van der Waals surface area contributed by atoms with Crippen LogP contribution in [0.2, 0.25) is 0 Å². The second-order valence-electron chi connectivity index (χ2n) is 5.27. The smallest absolute Gasteiger partial charge is 0.247 e. The van der Waals surface area contributed by atoms with Crippen LogP contribution >= 0.6 is 0 Å². The second-order valence-corrected chi connectivity index (χ2v) is 5.27. The summed E-state index contributed by atoms with van der Waals surface area (Å²) < 4.78 is 10.9. The Balaban J connectivity index is 1.51. The molecule has 1 amide bonds. The summed E-state index contributed by atoms with van der Waals surface area (Å²) in [5.41, 5.74) is 1.69. The predicted molar refractivity (Wildman–Crippen MR) is 90.7 cm³/mol. The van der Waals surface area contributed by atoms with Crippen molar-refractivity contribution in [3.8, 4) is 17.2 Å². The molecular formula is C18H18N4O3. The number of rotatable bonds is 7. The number of nitrogens with zero attached hydrogens (tertiary/aromatic N) is 3. The molecule has 7 nitrogen and oxygen atoms in total. The first kappa shape index (κ1) is 16.6. The summed E-state index contributed by atoms with van der Waals surface area (Å²) in [5.74, 6) is 1.43. The molecule has 0 aliphatic heterocycles. The van der Waals surface area contributed by atoms with E-state index in [0.29, 0.717) is 18.4 Å². The molecule has 7 heteroatoms. The minimum atomic E-state index is -0.118. The molecule has 1 N–H and O–H groups in total. The molecule has 0 aliphatic rings. The number of carbonyl (C=O) groups is 1. The number of amides is 1. The Morgan fingerprint density at radius 3 is 2.60 bits per heavy atom. The van der Waals surface area contributed by atoms with Gasteiger partial charge in [-0.1, -0.05) is 12.1 Å². The summed E-state index contributed by atoms with van der Waals surface area (Å²) in [5, 5.41) is 10.7. The van der Waals surface area contributed by atoms with Crippen molar-refractivity contribution in [2.24, 2.45) is 0 Å². The number of ether oxygens (including phenoxy) is 1. The molecule has 0 saturated heterocycles. The van der Waals surface area contributed by atoms with Gasteiger partial charge in [0.05, 0.1) is 19.6 Å². The molecule has 1 aromatic carbocycles. The van der Waals surface area contributed by atoms with Gasteiger partial charge in [-0.25, -0.2) is 0 Å². The zero-order chi connectivity index (χ0) is 17.5. The predicted octanol–water partition coefficient (Wildman–Crippen LogP) is 2.39. The summed E-state index contributed by atoms with van der Waals surface area (Å²) in [6.45, 7) is 2.73. The maximum atomic E-state index is 12.0. The van der Waals surface area contributed by atoms with Crippen LogP contribution in [0.15, 0.2) is 53.2 Å². The average Bonchev–Trinajstić information content (AvgIpc) is 3.12. The minimum absolute atomic E-state index is 0.118. The van der Waals surface area contributed by atoms with Crippen molar-refractivity contribution in [2.75, 3.05) is 6.61 Å². The Morgan fingerprint density at radius 2 is 1.88 bits per heavy atom. The molecule has 0 radical (unpaired) electrons. The van der Waals surface area contributed by atoms with Gasteiger partial charge in [0.25, 0.3) is 0 Å². The molecule has 2 heterocycles. The Hall–Kier alpha value is -3.22. The molecule has 0 saturated carbocycles. The van der Waals surface area contributed by atoms with Crippen LogP contribution < -0.4 is 10.1 Å². The van der Waals surface area contributed by atoms with Crippen molar-refractivity contribution < 1.29 is 13.9 Å². The Kier molecular flexibility index (Phi) is 5.36. The first-order chi connectivity index (χ1) is 12.2. The summed E-state index contributed by atoms with van der Waals surface area (Å²) >= 11 is 0. The van der Waals surface area contributed by atoms with Crippen molar-refractivity contribution in [1.29, 1.82) is 0 Å². The molecule has 3 rings (SSSR count). The Labute approximate surface area is 145 Å². The zero-order valence-corrected chi connectivity index (χ0v) is 13.8. The molecule has 0 spiro atoms. The van der Waals surface area contributed by atoms with Gasteiger partial charge in [0.2, 0.25) is 17.7 Å². The van der Waals surface area contributed by atoms with Gasteiger partial charge in [0.15, 0.2) is 0 Å². The maximum absolute atomic E-state index is 12.0. The molecule has 2 aromatic heterocycles. The monoisotopic (exact) mass is 338 g/mol. The highest BCUT2D eigenvalue weighted by Gasteiger charge is 2.10. The van der Waals surface area contributed by atoms with E-state index in [9.17, 15) is 4.79 Å². The number of pyridine rings is 1. The van der Waals surface area contributed by atoms with Gasteiger partial charge in [0, 0.05) is 18.0 Å². The highest BCUT2D eigenvalue weighted by molar-refractivity contribution is 5.78. The highest BCUT2D eigenvalue weighted by Crippen LogP contribution is 2.16. The summed E-state index contributed by atoms with van der Waals surface area (Å²) in [6.07, 6.45) is 3.58. The lowest BCUT2D eigenvalue weighted by molar-refractivity contribution is -0.120. The summed E-state index contributed by atoms with van der Waals surface area (Å²) in [4.78, 5) is 16.0. The third kappa shape index (κ3) is 4.63. The Morgan fingerprint density at radius 1 is 1.12 bits per heavy atom. The van der Waals surface area contributed by atoms with E-state index in [1.807, 2.05) is 31.2 Å². The van der Waals surface area contributed by atoms with E-state index in [4.69, 9.17) is 9.15 Å². The van der Waals surface area contributed by atoms with E-state index in [0.717, 1.165) is 16.9 Å². The third-order valence-electron chi connectivity index (χ3n) is 3.43. The van der Waals surface area contributed by atoms with Gasteiger partial charge < -0.3 is 14.5 Å². The van der Waals surface area contributed by atoms with Crippen LogP contribution in [0.4, 0.5) is 0 Å². The lowest BCUT2D eigenvalue weighted by Crippen LogP contribution is -2.24. The zero-order valence-electron chi connectivity index (χ0n) is 13.8. The topological polar surface area (TPSA) is 90.1 Å². The number of nitrogens with one attached hydrogen (secondary N) is 1. The molecule has 25 heavy (non-hydrogen) atoms. The fourth-order valence-corrected chi connectivity index (χ4v) is 2.23. The SMILES string of the molecule is CCOc1ccc(CC(=O)NCc2nnc(-c3ccncc3)o2)cc1. The maximum Gasteiger partial charge on any atom is 0.247 e. The molecule has 0 aliphatic carbocycles. The van der Waals surface area contributed by atoms with E-state index in [1.165, 1.54) is 0 Å². The first-order valence-corrected chi connectivity index (χ1v) is 7.96. The number of aromatic nitrogens is 3. The van der Waals surface area contributed by atoms with Crippen molar-refractivity contribution >= 4 is 5.91 Å². The second kappa shape index (κ2) is 8.05. The molecule has 0 atom stereocenters. The Bertz CT molecular complexity index is 816. The van der Waals surface area contributed by atoms with Crippen LogP contribution in [0.3, 0.4) is 0 Å². The largest absolute Gasteiger partial charge is 0.494 e. The highest BCUT2D eigenvalue weighted by atomic mass is 16.5. The lowest BCUT2D eigenvalue weighted by Gasteiger charge is -2.05. The summed E-state index contributed by atoms with van der Waals surface area (Å²) in [6, 6.07) is 11.0. The van der Waals surface area contributed by atoms with E-state index < -0.39 is 0 Å². The lowest BCUT2D eigenvalue weighted by atomic mass is 10.1. The normalized spacial score (nSPS) is 10.4. The molecule has 0 bridgehead atoms. The van der Waals surface area contributed by atoms with Gasteiger partial charge in [-0.3, -0.25) is 9.78 Å². The molecule has 0 unspecified atom stereocenters. The first-order valence-electron chi connectivity index (χ1n) is 7.96. The molecule has 0 fully saturated rings. The van der Waals surface area contributed by atoms with E-state index >= 15 is 0 Å². The summed E-state index contributed by atoms with van der Waals surface area (Å²) in [7, 11) is 0. The fourth-order valence-electron chi connectivity index (χ4n) is 2.23. The number of hydrogen-bond donors (Lipinski definition) is 1. The van der Waals surface area contributed by atoms with Crippen LogP contribution in [0.1, 0.15) is 18.4 Å². The third-order valence-corrected chi connectivity index (χ3v) is 3.43. The number of hydrogen-bond acceptors (Lipinski definition) is 6. The van der Waals surface area contributed by atoms with Gasteiger partial charge in [-0.15, -0.1) is 10.2 Å². The van der Waals surface area contributed by atoms with Crippen molar-refractivity contribution in [1.82, 2.24) is 20.5 Å². The van der Waals surface area contributed by atoms with Crippen LogP contribution in [-0.4, -0.2) is 27.7 Å². The van der Waals surface area contributed by atoms with Crippen molar-refractivity contribution in [3.05, 3.63) is 60.2 Å². The number of carbonyl (C=O) groups excluding carboxylic acids is 1. The molecule has 3 aromatic rings. The average molecular weight is 338 g/mol. The van der Waals surface area contributed by atoms with E-state index in [-0.39, 0.29) is 18.9 Å². The fraction of sp³-hybridized carbons (Fsp3) is 0.222. The van der Waals surface area contributed by atoms with E-state index in [2.05, 4.69) is 20.5 Å². The molecular weight excluding hydrogens is 320 g/mol. The van der Waals surface area contributed by atoms with Crippen LogP contribution in [0.5, 0.6) is 5.75 Å². The molecule has 128 valence electrons. The standard InChI is InChI=1S/C18H18N4O3/c1-2-24-15-5-3-13(4-6-15)11-16(23)20-12-17-21-22-18(25-17)14-7-9-19-10-8-14/h3-10H,2,11-12H2,1H3,(H,20,23). The van der Waals surface area contributed by atoms with Crippen molar-refractivity contribution in [3.63, 3.8) is 0 Å². The van der Waals surface area contributed by atoms with Gasteiger partial charge in [-0.05, 0) is 36.8 Å². The van der Waals surface area contributed by atoms with Crippen LogP contribution in [0.25, 0.3) is 11.5 Å². The van der Waals surface area contributed by atoms with Crippen LogP contribution in [0, 0.1) is 0 Å². The number of benzene rings is 1. The van der Waals surface area contributed by atoms with Crippen LogP contribution in [-0.2, 0) is 17.8 Å².